The van der Waals surface area contributed by atoms with Gasteiger partial charge in [0.2, 0.25) is 0 Å². The van der Waals surface area contributed by atoms with Crippen molar-refractivity contribution in [1.29, 1.82) is 0 Å². The van der Waals surface area contributed by atoms with Gasteiger partial charge in [0.05, 0.1) is 16.9 Å². The summed E-state index contributed by atoms with van der Waals surface area (Å²) >= 11 is 0. The van der Waals surface area contributed by atoms with Crippen LogP contribution in [0, 0.1) is 5.92 Å². The molecule has 1 aliphatic carbocycles. The monoisotopic (exact) mass is 717 g/mol. The SMILES string of the molecule is CC1(C)c2ccccc2N(c2cc3c4c(c2)-n2c5c(cccc5c5ccc6oc7ccccc7c6c52)B4c2ccccc2N3c2ccccc2)C2C=CC=CC21. The number of para-hydroxylation sites is 5. The van der Waals surface area contributed by atoms with E-state index >= 15 is 0 Å². The topological polar surface area (TPSA) is 24.6 Å². The van der Waals surface area contributed by atoms with Crippen LogP contribution >= 0.6 is 0 Å². The Labute approximate surface area is 325 Å². The van der Waals surface area contributed by atoms with Gasteiger partial charge >= 0.3 is 0 Å². The maximum atomic E-state index is 6.58. The number of fused-ring (bicyclic) bond motifs is 13. The fourth-order valence-electron chi connectivity index (χ4n) is 11.1. The van der Waals surface area contributed by atoms with Crippen LogP contribution in [0.1, 0.15) is 19.4 Å². The average Bonchev–Trinajstić information content (AvgIpc) is 3.79. The molecule has 4 aliphatic rings. The Morgan fingerprint density at radius 3 is 2.18 bits per heavy atom. The molecule has 2 atom stereocenters. The number of rotatable bonds is 2. The lowest BCUT2D eigenvalue weighted by Crippen LogP contribution is -2.60. The maximum Gasteiger partial charge on any atom is 0.252 e. The van der Waals surface area contributed by atoms with Crippen molar-refractivity contribution in [3.05, 3.63) is 175 Å². The van der Waals surface area contributed by atoms with Crippen LogP contribution in [0.15, 0.2) is 174 Å². The predicted octanol–water partition coefficient (Wildman–Crippen LogP) is 10.8. The van der Waals surface area contributed by atoms with Crippen molar-refractivity contribution in [2.75, 3.05) is 9.80 Å². The minimum absolute atomic E-state index is 0.0444. The number of aromatic nitrogens is 1. The zero-order valence-corrected chi connectivity index (χ0v) is 31.1. The van der Waals surface area contributed by atoms with Gasteiger partial charge in [0.1, 0.15) is 11.2 Å². The Kier molecular flexibility index (Phi) is 5.86. The molecule has 264 valence electrons. The molecule has 56 heavy (non-hydrogen) atoms. The molecule has 9 aromatic rings. The Morgan fingerprint density at radius 2 is 1.27 bits per heavy atom. The van der Waals surface area contributed by atoms with Crippen LogP contribution in [-0.2, 0) is 5.41 Å². The molecule has 0 bridgehead atoms. The van der Waals surface area contributed by atoms with Crippen LogP contribution in [0.4, 0.5) is 28.4 Å². The van der Waals surface area contributed by atoms with Gasteiger partial charge in [-0.3, -0.25) is 0 Å². The largest absolute Gasteiger partial charge is 0.456 e. The molecule has 7 aromatic carbocycles. The number of benzene rings is 7. The number of nitrogens with zero attached hydrogens (tertiary/aromatic N) is 3. The van der Waals surface area contributed by atoms with E-state index in [2.05, 4.69) is 198 Å². The number of allylic oxidation sites excluding steroid dienone is 2. The van der Waals surface area contributed by atoms with E-state index in [1.54, 1.807) is 0 Å². The minimum Gasteiger partial charge on any atom is -0.456 e. The molecular weight excluding hydrogens is 681 g/mol. The summed E-state index contributed by atoms with van der Waals surface area (Å²) in [5.74, 6) is 0.297. The molecule has 0 saturated carbocycles. The van der Waals surface area contributed by atoms with E-state index in [-0.39, 0.29) is 18.2 Å². The van der Waals surface area contributed by atoms with Crippen LogP contribution < -0.4 is 26.2 Å². The molecule has 0 radical (unpaired) electrons. The third-order valence-electron chi connectivity index (χ3n) is 13.4. The molecule has 2 unspecified atom stereocenters. The Balaban J connectivity index is 1.22. The highest BCUT2D eigenvalue weighted by molar-refractivity contribution is 7.00. The Bertz CT molecular complexity index is 3220. The maximum absolute atomic E-state index is 6.58. The number of anilines is 5. The fourth-order valence-corrected chi connectivity index (χ4v) is 11.1. The molecule has 0 fully saturated rings. The summed E-state index contributed by atoms with van der Waals surface area (Å²) in [6.45, 7) is 4.89. The third kappa shape index (κ3) is 3.75. The van der Waals surface area contributed by atoms with Crippen LogP contribution in [0.3, 0.4) is 0 Å². The Hall–Kier alpha value is -6.72. The van der Waals surface area contributed by atoms with E-state index in [1.165, 1.54) is 77.6 Å². The van der Waals surface area contributed by atoms with Crippen molar-refractivity contribution in [2.24, 2.45) is 5.92 Å². The van der Waals surface area contributed by atoms with Gasteiger partial charge in [-0.1, -0.05) is 129 Å². The lowest BCUT2D eigenvalue weighted by atomic mass is 9.34. The zero-order valence-electron chi connectivity index (χ0n) is 31.1. The Morgan fingerprint density at radius 1 is 0.554 bits per heavy atom. The van der Waals surface area contributed by atoms with Gasteiger partial charge in [0.15, 0.2) is 0 Å². The van der Waals surface area contributed by atoms with E-state index in [1.807, 2.05) is 0 Å². The number of furan rings is 1. The molecular formula is C51H36BN3O. The molecule has 0 N–H and O–H groups in total. The van der Waals surface area contributed by atoms with Gasteiger partial charge < -0.3 is 18.8 Å². The number of hydrogen-bond donors (Lipinski definition) is 0. The summed E-state index contributed by atoms with van der Waals surface area (Å²) in [5, 5.41) is 4.83. The van der Waals surface area contributed by atoms with Gasteiger partial charge in [-0.25, -0.2) is 0 Å². The molecule has 3 aliphatic heterocycles. The lowest BCUT2D eigenvalue weighted by Gasteiger charge is -2.51. The summed E-state index contributed by atoms with van der Waals surface area (Å²) in [4.78, 5) is 5.15. The molecule has 0 spiro atoms. The zero-order chi connectivity index (χ0) is 36.9. The first-order valence-corrected chi connectivity index (χ1v) is 19.8. The highest BCUT2D eigenvalue weighted by Crippen LogP contribution is 2.53. The quantitative estimate of drug-likeness (QED) is 0.166. The highest BCUT2D eigenvalue weighted by atomic mass is 16.3. The molecule has 13 rings (SSSR count). The van der Waals surface area contributed by atoms with Crippen molar-refractivity contribution < 1.29 is 4.42 Å². The highest BCUT2D eigenvalue weighted by Gasteiger charge is 2.47. The molecule has 5 heteroatoms. The third-order valence-corrected chi connectivity index (χ3v) is 13.4. The molecule has 5 heterocycles. The lowest BCUT2D eigenvalue weighted by molar-refractivity contribution is 0.332. The second-order valence-electron chi connectivity index (χ2n) is 16.5. The van der Waals surface area contributed by atoms with Crippen LogP contribution in [0.5, 0.6) is 0 Å². The van der Waals surface area contributed by atoms with Crippen molar-refractivity contribution in [3.63, 3.8) is 0 Å². The van der Waals surface area contributed by atoms with Crippen molar-refractivity contribution in [1.82, 2.24) is 4.57 Å². The summed E-state index contributed by atoms with van der Waals surface area (Å²) in [6, 6.07) is 54.1. The van der Waals surface area contributed by atoms with Crippen molar-refractivity contribution in [2.45, 2.75) is 25.3 Å². The van der Waals surface area contributed by atoms with E-state index in [0.717, 1.165) is 22.2 Å². The molecule has 4 nitrogen and oxygen atoms in total. The van der Waals surface area contributed by atoms with Gasteiger partial charge in [-0.15, -0.1) is 0 Å². The standard InChI is InChI=1S/C51H36BN3O/c1-51(2)36-19-7-10-23-40(36)54(41-24-11-8-20-37(41)51)32-29-43-48-44(30-32)55-49-33(34-27-28-46-47(50(34)55)35-17-6-13-26-45(35)56-46)18-14-22-39(49)52(48)38-21-9-12-25-42(38)53(43)31-15-4-3-5-16-31/h3-30,36,40H,1-2H3. The van der Waals surface area contributed by atoms with Gasteiger partial charge in [-0.2, -0.15) is 0 Å². The second kappa shape index (κ2) is 10.7. The summed E-state index contributed by atoms with van der Waals surface area (Å²) in [7, 11) is 0. The van der Waals surface area contributed by atoms with Crippen molar-refractivity contribution in [3.8, 4) is 5.69 Å². The van der Waals surface area contributed by atoms with Gasteiger partial charge in [-0.05, 0) is 76.5 Å². The first-order valence-electron chi connectivity index (χ1n) is 19.8. The van der Waals surface area contributed by atoms with Crippen LogP contribution in [-0.4, -0.2) is 17.3 Å². The van der Waals surface area contributed by atoms with E-state index in [9.17, 15) is 0 Å². The van der Waals surface area contributed by atoms with Crippen LogP contribution in [0.2, 0.25) is 0 Å². The minimum atomic E-state index is -0.0444. The first kappa shape index (κ1) is 30.6. The van der Waals surface area contributed by atoms with E-state index < -0.39 is 0 Å². The molecule has 2 aromatic heterocycles. The summed E-state index contributed by atoms with van der Waals surface area (Å²) in [6.07, 6.45) is 9.33. The molecule has 0 saturated heterocycles. The fraction of sp³-hybridized carbons (Fsp3) is 0.0980. The predicted molar refractivity (Wildman–Crippen MR) is 235 cm³/mol. The normalized spacial score (nSPS) is 18.4. The summed E-state index contributed by atoms with van der Waals surface area (Å²) < 4.78 is 9.19. The average molecular weight is 718 g/mol. The molecule has 0 amide bonds. The smallest absolute Gasteiger partial charge is 0.252 e. The first-order chi connectivity index (χ1) is 27.6. The number of hydrogen-bond acceptors (Lipinski definition) is 3. The van der Waals surface area contributed by atoms with Gasteiger partial charge in [0, 0.05) is 67.1 Å². The van der Waals surface area contributed by atoms with Gasteiger partial charge in [0.25, 0.3) is 6.71 Å². The van der Waals surface area contributed by atoms with Crippen molar-refractivity contribution >= 4 is 95.3 Å². The van der Waals surface area contributed by atoms with E-state index in [4.69, 9.17) is 4.42 Å². The van der Waals surface area contributed by atoms with Crippen LogP contribution in [0.25, 0.3) is 49.4 Å². The second-order valence-corrected chi connectivity index (χ2v) is 16.5. The summed E-state index contributed by atoms with van der Waals surface area (Å²) in [5.41, 5.74) is 16.9. The van der Waals surface area contributed by atoms with E-state index in [0.29, 0.717) is 5.92 Å².